The lowest BCUT2D eigenvalue weighted by Crippen LogP contribution is -2.56. The summed E-state index contributed by atoms with van der Waals surface area (Å²) in [5.74, 6) is -1.05. The molecule has 0 aromatic heterocycles. The van der Waals surface area contributed by atoms with Crippen LogP contribution in [0.15, 0.2) is 24.3 Å². The Kier molecular flexibility index (Phi) is 4.62. The molecular weight excluding hydrogens is 360 g/mol. The van der Waals surface area contributed by atoms with Crippen LogP contribution in [-0.4, -0.2) is 65.3 Å². The fraction of sp³-hybridized carbons (Fsp3) is 0.412. The summed E-state index contributed by atoms with van der Waals surface area (Å²) in [6.45, 7) is 3.47. The first-order chi connectivity index (χ1) is 12.2. The highest BCUT2D eigenvalue weighted by Gasteiger charge is 2.46. The number of nitrogens with one attached hydrogen (secondary N) is 1. The summed E-state index contributed by atoms with van der Waals surface area (Å²) in [5, 5.41) is 2.73. The number of piperazine rings is 1. The normalized spacial score (nSPS) is 19.8. The van der Waals surface area contributed by atoms with Crippen molar-refractivity contribution in [3.05, 3.63) is 29.3 Å². The number of hydrogen-bond acceptors (Lipinski definition) is 4. The number of carbonyl (C=O) groups is 4. The Labute approximate surface area is 155 Å². The number of amides is 5. The van der Waals surface area contributed by atoms with Crippen molar-refractivity contribution in [1.29, 1.82) is 0 Å². The zero-order valence-electron chi connectivity index (χ0n) is 14.5. The van der Waals surface area contributed by atoms with Gasteiger partial charge in [-0.15, -0.1) is 0 Å². The maximum atomic E-state index is 12.5. The molecule has 9 heteroatoms. The number of urea groups is 1. The lowest BCUT2D eigenvalue weighted by atomic mass is 10.0. The van der Waals surface area contributed by atoms with Crippen LogP contribution in [0.4, 0.5) is 10.5 Å². The number of benzene rings is 1. The summed E-state index contributed by atoms with van der Waals surface area (Å²) >= 11 is 5.96. The van der Waals surface area contributed by atoms with E-state index >= 15 is 0 Å². The van der Waals surface area contributed by atoms with E-state index in [-0.39, 0.29) is 24.9 Å². The first kappa shape index (κ1) is 18.2. The van der Waals surface area contributed by atoms with Crippen molar-refractivity contribution in [2.75, 3.05) is 31.1 Å². The molecular formula is C17H19ClN4O4. The number of halogens is 1. The highest BCUT2D eigenvalue weighted by molar-refractivity contribution is 6.30. The van der Waals surface area contributed by atoms with Crippen molar-refractivity contribution in [3.63, 3.8) is 0 Å². The van der Waals surface area contributed by atoms with Crippen LogP contribution < -0.4 is 10.2 Å². The van der Waals surface area contributed by atoms with Gasteiger partial charge in [-0.25, -0.2) is 4.79 Å². The van der Waals surface area contributed by atoms with Crippen molar-refractivity contribution in [1.82, 2.24) is 15.1 Å². The minimum atomic E-state index is -1.10. The van der Waals surface area contributed by atoms with Gasteiger partial charge in [-0.3, -0.25) is 19.7 Å². The van der Waals surface area contributed by atoms with Gasteiger partial charge in [-0.2, -0.15) is 0 Å². The van der Waals surface area contributed by atoms with E-state index < -0.39 is 17.5 Å². The molecule has 8 nitrogen and oxygen atoms in total. The van der Waals surface area contributed by atoms with Gasteiger partial charge in [-0.05, 0) is 32.0 Å². The van der Waals surface area contributed by atoms with Gasteiger partial charge in [-0.1, -0.05) is 17.7 Å². The van der Waals surface area contributed by atoms with Gasteiger partial charge in [0, 0.05) is 23.8 Å². The molecule has 0 atom stereocenters. The number of rotatable bonds is 3. The van der Waals surface area contributed by atoms with Crippen LogP contribution in [0, 0.1) is 0 Å². The zero-order valence-corrected chi connectivity index (χ0v) is 15.2. The average molecular weight is 379 g/mol. The van der Waals surface area contributed by atoms with E-state index in [2.05, 4.69) is 5.32 Å². The molecule has 0 radical (unpaired) electrons. The fourth-order valence-corrected chi connectivity index (χ4v) is 3.19. The Hall–Kier alpha value is -2.61. The van der Waals surface area contributed by atoms with Crippen LogP contribution in [0.1, 0.15) is 13.8 Å². The predicted octanol–water partition coefficient (Wildman–Crippen LogP) is 0.846. The van der Waals surface area contributed by atoms with E-state index in [1.165, 1.54) is 9.80 Å². The van der Waals surface area contributed by atoms with Crippen molar-refractivity contribution in [2.24, 2.45) is 0 Å². The molecule has 1 aromatic carbocycles. The van der Waals surface area contributed by atoms with Gasteiger partial charge in [0.15, 0.2) is 0 Å². The summed E-state index contributed by atoms with van der Waals surface area (Å²) in [7, 11) is 0. The van der Waals surface area contributed by atoms with Crippen LogP contribution in [0.3, 0.4) is 0 Å². The molecule has 5 amide bonds. The summed E-state index contributed by atoms with van der Waals surface area (Å²) in [4.78, 5) is 52.8. The summed E-state index contributed by atoms with van der Waals surface area (Å²) in [6, 6.07) is 6.36. The molecule has 3 rings (SSSR count). The van der Waals surface area contributed by atoms with E-state index in [9.17, 15) is 19.2 Å². The van der Waals surface area contributed by atoms with E-state index in [1.807, 2.05) is 0 Å². The van der Waals surface area contributed by atoms with Gasteiger partial charge in [0.05, 0.1) is 0 Å². The molecule has 2 saturated heterocycles. The molecule has 2 fully saturated rings. The first-order valence-corrected chi connectivity index (χ1v) is 8.54. The third-order valence-corrected chi connectivity index (χ3v) is 4.92. The van der Waals surface area contributed by atoms with Crippen LogP contribution in [-0.2, 0) is 14.4 Å². The molecule has 138 valence electrons. The SMILES string of the molecule is CC1(C)C(=O)NC(=O)N1CC(=O)N1CCN(c2cccc(Cl)c2)C(=O)C1. The second-order valence-electron chi connectivity index (χ2n) is 6.74. The van der Waals surface area contributed by atoms with Crippen molar-refractivity contribution >= 4 is 41.0 Å². The second-order valence-corrected chi connectivity index (χ2v) is 7.18. The first-order valence-electron chi connectivity index (χ1n) is 8.17. The molecule has 0 unspecified atom stereocenters. The Morgan fingerprint density at radius 2 is 1.96 bits per heavy atom. The van der Waals surface area contributed by atoms with Crippen LogP contribution in [0.25, 0.3) is 0 Å². The Morgan fingerprint density at radius 1 is 1.23 bits per heavy atom. The van der Waals surface area contributed by atoms with Gasteiger partial charge < -0.3 is 14.7 Å². The van der Waals surface area contributed by atoms with E-state index in [4.69, 9.17) is 11.6 Å². The highest BCUT2D eigenvalue weighted by Crippen LogP contribution is 2.23. The number of hydrogen-bond donors (Lipinski definition) is 1. The smallest absolute Gasteiger partial charge is 0.325 e. The lowest BCUT2D eigenvalue weighted by molar-refractivity contribution is -0.138. The number of imide groups is 1. The Morgan fingerprint density at radius 3 is 2.54 bits per heavy atom. The topological polar surface area (TPSA) is 90.0 Å². The monoisotopic (exact) mass is 378 g/mol. The van der Waals surface area contributed by atoms with E-state index in [1.54, 1.807) is 43.0 Å². The van der Waals surface area contributed by atoms with Crippen LogP contribution in [0.2, 0.25) is 5.02 Å². The molecule has 0 aliphatic carbocycles. The third-order valence-electron chi connectivity index (χ3n) is 4.68. The van der Waals surface area contributed by atoms with Crippen molar-refractivity contribution < 1.29 is 19.2 Å². The minimum Gasteiger partial charge on any atom is -0.330 e. The summed E-state index contributed by atoms with van der Waals surface area (Å²) in [6.07, 6.45) is 0. The van der Waals surface area contributed by atoms with Gasteiger partial charge in [0.25, 0.3) is 5.91 Å². The molecule has 26 heavy (non-hydrogen) atoms. The van der Waals surface area contributed by atoms with Gasteiger partial charge >= 0.3 is 6.03 Å². The van der Waals surface area contributed by atoms with Crippen molar-refractivity contribution in [2.45, 2.75) is 19.4 Å². The zero-order chi connectivity index (χ0) is 19.1. The fourth-order valence-electron chi connectivity index (χ4n) is 3.00. The Bertz CT molecular complexity index is 795. The van der Waals surface area contributed by atoms with Crippen molar-refractivity contribution in [3.8, 4) is 0 Å². The number of anilines is 1. The van der Waals surface area contributed by atoms with Gasteiger partial charge in [0.2, 0.25) is 11.8 Å². The molecule has 1 N–H and O–H groups in total. The number of carbonyl (C=O) groups excluding carboxylic acids is 4. The molecule has 2 aliphatic rings. The molecule has 0 bridgehead atoms. The minimum absolute atomic E-state index is 0.0881. The van der Waals surface area contributed by atoms with Crippen LogP contribution in [0.5, 0.6) is 0 Å². The largest absolute Gasteiger partial charge is 0.330 e. The lowest BCUT2D eigenvalue weighted by Gasteiger charge is -2.36. The average Bonchev–Trinajstić information content (AvgIpc) is 2.76. The highest BCUT2D eigenvalue weighted by atomic mass is 35.5. The summed E-state index contributed by atoms with van der Waals surface area (Å²) in [5.41, 5.74) is -0.417. The standard InChI is InChI=1S/C17H19ClN4O4/c1-17(2)15(25)19-16(26)22(17)10-13(23)20-6-7-21(14(24)9-20)12-5-3-4-11(18)8-12/h3-5,8H,6-7,9-10H2,1-2H3,(H,19,25,26). The second kappa shape index (κ2) is 6.60. The quantitative estimate of drug-likeness (QED) is 0.789. The molecule has 2 heterocycles. The Balaban J connectivity index is 1.65. The molecule has 2 aliphatic heterocycles. The molecule has 1 aromatic rings. The summed E-state index contributed by atoms with van der Waals surface area (Å²) < 4.78 is 0. The predicted molar refractivity (Wildman–Crippen MR) is 94.7 cm³/mol. The maximum Gasteiger partial charge on any atom is 0.325 e. The van der Waals surface area contributed by atoms with E-state index in [0.717, 1.165) is 0 Å². The van der Waals surface area contributed by atoms with Gasteiger partial charge in [0.1, 0.15) is 18.6 Å². The third kappa shape index (κ3) is 3.24. The maximum absolute atomic E-state index is 12.5. The van der Waals surface area contributed by atoms with Crippen LogP contribution >= 0.6 is 11.6 Å². The molecule has 0 saturated carbocycles. The molecule has 0 spiro atoms. The van der Waals surface area contributed by atoms with E-state index in [0.29, 0.717) is 23.8 Å². The number of nitrogens with zero attached hydrogens (tertiary/aromatic N) is 3.